The molecule has 1 fully saturated rings. The molecule has 3 aliphatic rings. The number of phenolic OH excluding ortho intramolecular Hbond substituents is 1. The maximum absolute atomic E-state index is 10.9. The quantitative estimate of drug-likeness (QED) is 0.798. The van der Waals surface area contributed by atoms with Crippen molar-refractivity contribution < 1.29 is 9.84 Å². The van der Waals surface area contributed by atoms with Gasteiger partial charge in [0.25, 0.3) is 0 Å². The zero-order chi connectivity index (χ0) is 14.0. The molecule has 3 aliphatic carbocycles. The molecule has 0 amide bonds. The van der Waals surface area contributed by atoms with Crippen molar-refractivity contribution in [3.05, 3.63) is 22.3 Å². The number of aromatic hydroxyl groups is 1. The van der Waals surface area contributed by atoms with Crippen molar-refractivity contribution in [3.63, 3.8) is 0 Å². The number of ether oxygens (including phenoxy) is 1. The summed E-state index contributed by atoms with van der Waals surface area (Å²) < 4.78 is 5.87. The largest absolute Gasteiger partial charge is 0.507 e. The molecular formula is C18H24O2. The highest BCUT2D eigenvalue weighted by atomic mass is 16.5. The van der Waals surface area contributed by atoms with E-state index < -0.39 is 0 Å². The lowest BCUT2D eigenvalue weighted by Gasteiger charge is -2.33. The highest BCUT2D eigenvalue weighted by molar-refractivity contribution is 5.66. The normalized spacial score (nSPS) is 34.0. The van der Waals surface area contributed by atoms with Gasteiger partial charge < -0.3 is 9.84 Å². The van der Waals surface area contributed by atoms with E-state index in [4.69, 9.17) is 4.74 Å². The first-order valence-corrected chi connectivity index (χ1v) is 8.09. The number of phenols is 1. The lowest BCUT2D eigenvalue weighted by atomic mass is 9.73. The molecular weight excluding hydrogens is 248 g/mol. The van der Waals surface area contributed by atoms with Crippen LogP contribution in [0.25, 0.3) is 0 Å². The Hall–Kier alpha value is -1.18. The molecule has 0 radical (unpaired) electrons. The highest BCUT2D eigenvalue weighted by Crippen LogP contribution is 2.63. The second-order valence-electron chi connectivity index (χ2n) is 7.12. The molecule has 0 aliphatic heterocycles. The van der Waals surface area contributed by atoms with Crippen LogP contribution in [0.2, 0.25) is 0 Å². The van der Waals surface area contributed by atoms with Crippen molar-refractivity contribution in [2.24, 2.45) is 0 Å². The number of methoxy groups -OCH3 is 1. The highest BCUT2D eigenvalue weighted by Gasteiger charge is 2.44. The Kier molecular flexibility index (Phi) is 2.61. The van der Waals surface area contributed by atoms with Crippen LogP contribution in [-0.4, -0.2) is 12.2 Å². The summed E-state index contributed by atoms with van der Waals surface area (Å²) >= 11 is 0. The summed E-state index contributed by atoms with van der Waals surface area (Å²) in [5.41, 5.74) is 5.13. The summed E-state index contributed by atoms with van der Waals surface area (Å²) in [6.45, 7) is 4.54. The SMILES string of the molecule is COc1c2c(c(O)c3c1C1CCC3C1)C(C)CCC2C. The van der Waals surface area contributed by atoms with Gasteiger partial charge in [-0.1, -0.05) is 13.8 Å². The van der Waals surface area contributed by atoms with Crippen LogP contribution in [0.4, 0.5) is 0 Å². The minimum absolute atomic E-state index is 0.458. The summed E-state index contributed by atoms with van der Waals surface area (Å²) in [6, 6.07) is 0. The van der Waals surface area contributed by atoms with Crippen molar-refractivity contribution >= 4 is 0 Å². The predicted octanol–water partition coefficient (Wildman–Crippen LogP) is 4.77. The third kappa shape index (κ3) is 1.40. The number of hydrogen-bond acceptors (Lipinski definition) is 2. The minimum Gasteiger partial charge on any atom is -0.507 e. The van der Waals surface area contributed by atoms with Gasteiger partial charge in [0, 0.05) is 22.3 Å². The molecule has 1 aromatic rings. The maximum atomic E-state index is 10.9. The number of hydrogen-bond donors (Lipinski definition) is 1. The Morgan fingerprint density at radius 3 is 2.10 bits per heavy atom. The Bertz CT molecular complexity index is 576. The first kappa shape index (κ1) is 12.6. The fraction of sp³-hybridized carbons (Fsp3) is 0.667. The van der Waals surface area contributed by atoms with Gasteiger partial charge in [-0.2, -0.15) is 0 Å². The van der Waals surface area contributed by atoms with Crippen LogP contribution in [0.1, 0.15) is 91.9 Å². The molecule has 1 saturated carbocycles. The lowest BCUT2D eigenvalue weighted by Crippen LogP contribution is -2.16. The molecule has 2 heteroatoms. The van der Waals surface area contributed by atoms with Gasteiger partial charge in [-0.05, 0) is 55.8 Å². The topological polar surface area (TPSA) is 29.5 Å². The van der Waals surface area contributed by atoms with Crippen LogP contribution >= 0.6 is 0 Å². The third-order valence-corrected chi connectivity index (χ3v) is 6.05. The number of benzene rings is 1. The molecule has 20 heavy (non-hydrogen) atoms. The van der Waals surface area contributed by atoms with E-state index in [0.29, 0.717) is 29.4 Å². The van der Waals surface area contributed by atoms with Crippen molar-refractivity contribution in [2.75, 3.05) is 7.11 Å². The van der Waals surface area contributed by atoms with Gasteiger partial charge >= 0.3 is 0 Å². The number of rotatable bonds is 1. The van der Waals surface area contributed by atoms with E-state index in [1.807, 2.05) is 7.11 Å². The molecule has 2 nitrogen and oxygen atoms in total. The van der Waals surface area contributed by atoms with E-state index in [1.54, 1.807) is 0 Å². The van der Waals surface area contributed by atoms with Gasteiger partial charge in [0.1, 0.15) is 11.5 Å². The van der Waals surface area contributed by atoms with Crippen molar-refractivity contribution in [1.29, 1.82) is 0 Å². The summed E-state index contributed by atoms with van der Waals surface area (Å²) in [4.78, 5) is 0. The zero-order valence-electron chi connectivity index (χ0n) is 12.7. The van der Waals surface area contributed by atoms with E-state index in [-0.39, 0.29) is 0 Å². The fourth-order valence-electron chi connectivity index (χ4n) is 5.11. The van der Waals surface area contributed by atoms with E-state index in [2.05, 4.69) is 13.8 Å². The van der Waals surface area contributed by atoms with E-state index >= 15 is 0 Å². The second-order valence-corrected chi connectivity index (χ2v) is 7.12. The Morgan fingerprint density at radius 1 is 0.850 bits per heavy atom. The van der Waals surface area contributed by atoms with E-state index in [0.717, 1.165) is 5.75 Å². The van der Waals surface area contributed by atoms with Gasteiger partial charge in [-0.15, -0.1) is 0 Å². The average molecular weight is 272 g/mol. The summed E-state index contributed by atoms with van der Waals surface area (Å²) in [5, 5.41) is 10.9. The monoisotopic (exact) mass is 272 g/mol. The molecule has 0 aromatic heterocycles. The molecule has 1 aromatic carbocycles. The van der Waals surface area contributed by atoms with Crippen LogP contribution in [0, 0.1) is 0 Å². The Balaban J connectivity index is 2.06. The van der Waals surface area contributed by atoms with Gasteiger partial charge in [-0.3, -0.25) is 0 Å². The van der Waals surface area contributed by atoms with Crippen molar-refractivity contribution in [1.82, 2.24) is 0 Å². The van der Waals surface area contributed by atoms with Crippen LogP contribution in [0.3, 0.4) is 0 Å². The number of fused-ring (bicyclic) bond motifs is 6. The predicted molar refractivity (Wildman–Crippen MR) is 80.1 cm³/mol. The van der Waals surface area contributed by atoms with Crippen LogP contribution < -0.4 is 4.74 Å². The first-order chi connectivity index (χ1) is 9.63. The minimum atomic E-state index is 0.458. The second kappa shape index (κ2) is 4.16. The van der Waals surface area contributed by atoms with Crippen LogP contribution in [0.5, 0.6) is 11.5 Å². The van der Waals surface area contributed by atoms with E-state index in [1.165, 1.54) is 54.4 Å². The molecule has 4 unspecified atom stereocenters. The first-order valence-electron chi connectivity index (χ1n) is 8.09. The van der Waals surface area contributed by atoms with E-state index in [9.17, 15) is 5.11 Å². The molecule has 0 heterocycles. The van der Waals surface area contributed by atoms with Crippen molar-refractivity contribution in [3.8, 4) is 11.5 Å². The molecule has 4 rings (SSSR count). The van der Waals surface area contributed by atoms with Gasteiger partial charge in [0.05, 0.1) is 7.11 Å². The lowest BCUT2D eigenvalue weighted by molar-refractivity contribution is 0.376. The maximum Gasteiger partial charge on any atom is 0.126 e. The van der Waals surface area contributed by atoms with Gasteiger partial charge in [-0.25, -0.2) is 0 Å². The summed E-state index contributed by atoms with van der Waals surface area (Å²) in [6.07, 6.45) is 6.13. The molecule has 0 spiro atoms. The Labute approximate surface area is 121 Å². The van der Waals surface area contributed by atoms with Crippen molar-refractivity contribution in [2.45, 2.75) is 69.6 Å². The van der Waals surface area contributed by atoms with Gasteiger partial charge in [0.15, 0.2) is 0 Å². The Morgan fingerprint density at radius 2 is 1.45 bits per heavy atom. The summed E-state index contributed by atoms with van der Waals surface area (Å²) in [5.74, 6) is 3.93. The van der Waals surface area contributed by atoms with Gasteiger partial charge in [0.2, 0.25) is 0 Å². The molecule has 2 bridgehead atoms. The zero-order valence-corrected chi connectivity index (χ0v) is 12.7. The molecule has 4 atom stereocenters. The van der Waals surface area contributed by atoms with Crippen LogP contribution in [0.15, 0.2) is 0 Å². The molecule has 108 valence electrons. The average Bonchev–Trinajstić information content (AvgIpc) is 3.04. The smallest absolute Gasteiger partial charge is 0.126 e. The third-order valence-electron chi connectivity index (χ3n) is 6.05. The van der Waals surface area contributed by atoms with Crippen LogP contribution in [-0.2, 0) is 0 Å². The molecule has 1 N–H and O–H groups in total. The fourth-order valence-corrected chi connectivity index (χ4v) is 5.11. The molecule has 0 saturated heterocycles. The standard InChI is InChI=1S/C18H24O2/c1-9-4-5-10(2)14-13(9)17(19)15-11-6-7-12(8-11)16(15)18(14)20-3/h9-12,19H,4-8H2,1-3H3. The summed E-state index contributed by atoms with van der Waals surface area (Å²) in [7, 11) is 1.81.